The molecule has 0 bridgehead atoms. The minimum Gasteiger partial charge on any atom is -0.411 e. The maximum atomic E-state index is 6.76. The van der Waals surface area contributed by atoms with Crippen LogP contribution in [0.4, 0.5) is 0 Å². The smallest absolute Gasteiger partial charge is 0.192 e. The Morgan fingerprint density at radius 3 is 1.83 bits per heavy atom. The Morgan fingerprint density at radius 1 is 1.00 bits per heavy atom. The number of benzene rings is 1. The van der Waals surface area contributed by atoms with Crippen LogP contribution in [0.25, 0.3) is 0 Å². The fourth-order valence-corrected chi connectivity index (χ4v) is 6.45. The summed E-state index contributed by atoms with van der Waals surface area (Å²) in [7, 11) is -1.49. The maximum absolute atomic E-state index is 6.76. The molecule has 0 spiro atoms. The highest BCUT2D eigenvalue weighted by molar-refractivity contribution is 6.73. The molecule has 0 atom stereocenters. The molecule has 0 saturated heterocycles. The second-order valence-corrected chi connectivity index (χ2v) is 10.6. The van der Waals surface area contributed by atoms with Crippen LogP contribution < -0.4 is 0 Å². The lowest BCUT2D eigenvalue weighted by Crippen LogP contribution is -2.46. The van der Waals surface area contributed by atoms with Crippen LogP contribution in [-0.4, -0.2) is 13.9 Å². The third kappa shape index (κ3) is 2.55. The van der Waals surface area contributed by atoms with Crippen molar-refractivity contribution in [3.8, 4) is 0 Å². The lowest BCUT2D eigenvalue weighted by Gasteiger charge is -2.38. The molecular formula is C16H26OSi. The van der Waals surface area contributed by atoms with Crippen LogP contribution in [0.1, 0.15) is 38.8 Å². The van der Waals surface area contributed by atoms with Gasteiger partial charge in [-0.2, -0.15) is 0 Å². The van der Waals surface area contributed by atoms with Crippen LogP contribution in [0.15, 0.2) is 24.3 Å². The van der Waals surface area contributed by atoms with Gasteiger partial charge in [0, 0.05) is 12.8 Å². The van der Waals surface area contributed by atoms with Crippen LogP contribution >= 0.6 is 0 Å². The molecule has 1 aromatic carbocycles. The summed E-state index contributed by atoms with van der Waals surface area (Å²) < 4.78 is 6.76. The van der Waals surface area contributed by atoms with Crippen LogP contribution in [0.3, 0.4) is 0 Å². The molecule has 1 aromatic rings. The highest BCUT2D eigenvalue weighted by Crippen LogP contribution is 2.37. The largest absolute Gasteiger partial charge is 0.411 e. The van der Waals surface area contributed by atoms with E-state index in [0.29, 0.717) is 0 Å². The van der Waals surface area contributed by atoms with Crippen LogP contribution in [0.2, 0.25) is 18.1 Å². The Bertz CT molecular complexity index is 376. The summed E-state index contributed by atoms with van der Waals surface area (Å²) in [6.45, 7) is 9.25. The molecule has 1 aliphatic rings. The van der Waals surface area contributed by atoms with Crippen molar-refractivity contribution in [2.24, 2.45) is 0 Å². The summed E-state index contributed by atoms with van der Waals surface area (Å²) in [5, 5.41) is 0. The predicted molar refractivity (Wildman–Crippen MR) is 80.5 cm³/mol. The van der Waals surface area contributed by atoms with E-state index in [1.165, 1.54) is 29.3 Å². The molecule has 0 aromatic heterocycles. The minimum atomic E-state index is -1.49. The van der Waals surface area contributed by atoms with Gasteiger partial charge in [0.25, 0.3) is 0 Å². The van der Waals surface area contributed by atoms with E-state index in [1.807, 2.05) is 0 Å². The van der Waals surface area contributed by atoms with Gasteiger partial charge < -0.3 is 4.43 Å². The van der Waals surface area contributed by atoms with E-state index in [-0.39, 0.29) is 5.60 Å². The normalized spacial score (nSPS) is 17.8. The molecule has 1 aliphatic carbocycles. The van der Waals surface area contributed by atoms with Crippen molar-refractivity contribution in [3.05, 3.63) is 35.4 Å². The van der Waals surface area contributed by atoms with Crippen molar-refractivity contribution in [1.82, 2.24) is 0 Å². The van der Waals surface area contributed by atoms with E-state index in [4.69, 9.17) is 4.43 Å². The first-order chi connectivity index (χ1) is 8.56. The van der Waals surface area contributed by atoms with Gasteiger partial charge in [0.15, 0.2) is 8.32 Å². The number of hydrogen-bond donors (Lipinski definition) is 0. The Hall–Kier alpha value is -0.603. The molecule has 18 heavy (non-hydrogen) atoms. The van der Waals surface area contributed by atoms with Gasteiger partial charge in [-0.15, -0.1) is 0 Å². The van der Waals surface area contributed by atoms with E-state index < -0.39 is 8.32 Å². The molecule has 0 fully saturated rings. The average Bonchev–Trinajstić information content (AvgIpc) is 2.72. The second kappa shape index (κ2) is 5.18. The molecular weight excluding hydrogens is 236 g/mol. The summed E-state index contributed by atoms with van der Waals surface area (Å²) in [4.78, 5) is 0. The monoisotopic (exact) mass is 262 g/mol. The van der Waals surface area contributed by atoms with Crippen LogP contribution in [0, 0.1) is 0 Å². The molecule has 0 saturated carbocycles. The van der Waals surface area contributed by atoms with Gasteiger partial charge in [-0.25, -0.2) is 0 Å². The Labute approximate surface area is 113 Å². The van der Waals surface area contributed by atoms with E-state index >= 15 is 0 Å². The predicted octanol–water partition coefficient (Wildman–Crippen LogP) is 4.57. The van der Waals surface area contributed by atoms with Gasteiger partial charge >= 0.3 is 0 Å². The minimum absolute atomic E-state index is 0.0535. The molecule has 2 heteroatoms. The Morgan fingerprint density at radius 2 is 1.44 bits per heavy atom. The fourth-order valence-electron chi connectivity index (χ4n) is 3.33. The first kappa shape index (κ1) is 13.8. The molecule has 0 N–H and O–H groups in total. The van der Waals surface area contributed by atoms with Gasteiger partial charge in [0.1, 0.15) is 0 Å². The van der Waals surface area contributed by atoms with E-state index in [0.717, 1.165) is 12.8 Å². The van der Waals surface area contributed by atoms with Crippen molar-refractivity contribution in [2.75, 3.05) is 0 Å². The maximum Gasteiger partial charge on any atom is 0.192 e. The molecule has 0 aliphatic heterocycles. The van der Waals surface area contributed by atoms with Gasteiger partial charge in [-0.3, -0.25) is 0 Å². The molecule has 0 radical (unpaired) electrons. The summed E-state index contributed by atoms with van der Waals surface area (Å²) in [6, 6.07) is 12.5. The molecule has 2 rings (SSSR count). The zero-order valence-corrected chi connectivity index (χ0v) is 13.3. The van der Waals surface area contributed by atoms with Crippen molar-refractivity contribution in [1.29, 1.82) is 0 Å². The van der Waals surface area contributed by atoms with Gasteiger partial charge in [0.05, 0.1) is 5.60 Å². The summed E-state index contributed by atoms with van der Waals surface area (Å²) in [5.74, 6) is 0. The van der Waals surface area contributed by atoms with Crippen molar-refractivity contribution in [3.63, 3.8) is 0 Å². The first-order valence-electron chi connectivity index (χ1n) is 7.33. The third-order valence-corrected chi connectivity index (χ3v) is 9.43. The topological polar surface area (TPSA) is 9.23 Å². The molecule has 0 heterocycles. The van der Waals surface area contributed by atoms with Crippen molar-refractivity contribution >= 4 is 8.32 Å². The third-order valence-electron chi connectivity index (χ3n) is 4.64. The van der Waals surface area contributed by atoms with E-state index in [9.17, 15) is 0 Å². The zero-order chi connectivity index (χ0) is 13.2. The van der Waals surface area contributed by atoms with Gasteiger partial charge in [0.2, 0.25) is 0 Å². The second-order valence-electron chi connectivity index (χ2n) is 5.92. The molecule has 100 valence electrons. The standard InChI is InChI=1S/C16H26OSi/c1-5-18(6-2,7-3)17-16(4)12-14-10-8-9-11-15(14)13-16/h8-11H,5-7,12-13H2,1-4H3. The molecule has 1 nitrogen and oxygen atoms in total. The number of rotatable bonds is 5. The quantitative estimate of drug-likeness (QED) is 0.707. The average molecular weight is 262 g/mol. The van der Waals surface area contributed by atoms with E-state index in [2.05, 4.69) is 52.0 Å². The highest BCUT2D eigenvalue weighted by Gasteiger charge is 2.41. The fraction of sp³-hybridized carbons (Fsp3) is 0.625. The summed E-state index contributed by atoms with van der Waals surface area (Å²) in [5.41, 5.74) is 3.04. The molecule has 0 amide bonds. The van der Waals surface area contributed by atoms with E-state index in [1.54, 1.807) is 0 Å². The Balaban J connectivity index is 2.16. The van der Waals surface area contributed by atoms with Crippen LogP contribution in [-0.2, 0) is 17.3 Å². The SMILES string of the molecule is CC[Si](CC)(CC)OC1(C)Cc2ccccc2C1. The Kier molecular flexibility index (Phi) is 3.98. The van der Waals surface area contributed by atoms with Crippen LogP contribution in [0.5, 0.6) is 0 Å². The van der Waals surface area contributed by atoms with Gasteiger partial charge in [-0.1, -0.05) is 45.0 Å². The van der Waals surface area contributed by atoms with Gasteiger partial charge in [-0.05, 0) is 36.2 Å². The lowest BCUT2D eigenvalue weighted by molar-refractivity contribution is 0.0868. The number of hydrogen-bond acceptors (Lipinski definition) is 1. The zero-order valence-electron chi connectivity index (χ0n) is 12.3. The van der Waals surface area contributed by atoms with Crippen molar-refractivity contribution in [2.45, 2.75) is 64.3 Å². The molecule has 0 unspecified atom stereocenters. The summed E-state index contributed by atoms with van der Waals surface area (Å²) in [6.07, 6.45) is 2.19. The lowest BCUT2D eigenvalue weighted by atomic mass is 10.0. The summed E-state index contributed by atoms with van der Waals surface area (Å²) >= 11 is 0. The number of fused-ring (bicyclic) bond motifs is 1. The van der Waals surface area contributed by atoms with Crippen molar-refractivity contribution < 1.29 is 4.43 Å². The highest BCUT2D eigenvalue weighted by atomic mass is 28.4. The first-order valence-corrected chi connectivity index (χ1v) is 9.86.